The van der Waals surface area contributed by atoms with Crippen LogP contribution in [0.5, 0.6) is 0 Å². The fourth-order valence-electron chi connectivity index (χ4n) is 2.86. The van der Waals surface area contributed by atoms with Gasteiger partial charge in [0.15, 0.2) is 0 Å². The topological polar surface area (TPSA) is 17.3 Å². The number of para-hydroxylation sites is 1. The zero-order valence-corrected chi connectivity index (χ0v) is 14.1. The SMILES string of the molecule is Cn1c(C2=NCCCC2(C)C)[c-]c2ccccc21.[Ir]. The molecule has 3 rings (SSSR count). The molecule has 0 saturated heterocycles. The first kappa shape index (κ1) is 14.5. The molecule has 2 nitrogen and oxygen atoms in total. The van der Waals surface area contributed by atoms with Crippen LogP contribution in [0, 0.1) is 11.5 Å². The van der Waals surface area contributed by atoms with Crippen molar-refractivity contribution in [3.8, 4) is 0 Å². The van der Waals surface area contributed by atoms with Crippen molar-refractivity contribution in [3.63, 3.8) is 0 Å². The summed E-state index contributed by atoms with van der Waals surface area (Å²) in [5, 5.41) is 1.18. The number of hydrogen-bond donors (Lipinski definition) is 0. The average Bonchev–Trinajstić information content (AvgIpc) is 2.67. The molecule has 0 atom stereocenters. The second kappa shape index (κ2) is 5.22. The molecule has 2 heterocycles. The van der Waals surface area contributed by atoms with Crippen LogP contribution in [-0.2, 0) is 27.2 Å². The van der Waals surface area contributed by atoms with Crippen molar-refractivity contribution in [2.75, 3.05) is 6.54 Å². The fraction of sp³-hybridized carbons (Fsp3) is 0.438. The Balaban J connectivity index is 0.00000133. The van der Waals surface area contributed by atoms with Gasteiger partial charge < -0.3 is 9.56 Å². The van der Waals surface area contributed by atoms with Crippen LogP contribution >= 0.6 is 0 Å². The van der Waals surface area contributed by atoms with Crippen LogP contribution < -0.4 is 0 Å². The summed E-state index contributed by atoms with van der Waals surface area (Å²) in [5.41, 5.74) is 3.77. The Hall–Kier alpha value is -0.921. The predicted molar refractivity (Wildman–Crippen MR) is 76.2 cm³/mol. The van der Waals surface area contributed by atoms with Gasteiger partial charge in [0.05, 0.1) is 0 Å². The summed E-state index contributed by atoms with van der Waals surface area (Å²) in [5.74, 6) is 0. The minimum absolute atomic E-state index is 0. The maximum Gasteiger partial charge on any atom is 0.0286 e. The van der Waals surface area contributed by atoms with Crippen LogP contribution in [0.25, 0.3) is 10.9 Å². The Morgan fingerprint density at radius 1 is 1.26 bits per heavy atom. The molecule has 0 bridgehead atoms. The van der Waals surface area contributed by atoms with E-state index in [0.29, 0.717) is 0 Å². The maximum absolute atomic E-state index is 4.77. The van der Waals surface area contributed by atoms with Gasteiger partial charge >= 0.3 is 0 Å². The molecule has 103 valence electrons. The molecule has 2 aromatic rings. The normalized spacial score (nSPS) is 17.9. The molecule has 0 unspecified atom stereocenters. The molecule has 3 heteroatoms. The van der Waals surface area contributed by atoms with Crippen molar-refractivity contribution < 1.29 is 20.1 Å². The summed E-state index contributed by atoms with van der Waals surface area (Å²) in [6.45, 7) is 5.53. The van der Waals surface area contributed by atoms with E-state index in [1.165, 1.54) is 29.5 Å². The molecule has 1 aromatic carbocycles. The van der Waals surface area contributed by atoms with Crippen molar-refractivity contribution in [1.29, 1.82) is 0 Å². The summed E-state index contributed by atoms with van der Waals surface area (Å²) < 4.78 is 2.22. The number of aryl methyl sites for hydroxylation is 1. The van der Waals surface area contributed by atoms with Crippen LogP contribution in [0.1, 0.15) is 32.4 Å². The summed E-state index contributed by atoms with van der Waals surface area (Å²) in [6.07, 6.45) is 2.40. The third-order valence-corrected chi connectivity index (χ3v) is 3.95. The Morgan fingerprint density at radius 3 is 2.68 bits per heavy atom. The van der Waals surface area contributed by atoms with E-state index in [1.807, 2.05) is 0 Å². The van der Waals surface area contributed by atoms with Gasteiger partial charge in [-0.05, 0) is 35.2 Å². The van der Waals surface area contributed by atoms with Gasteiger partial charge in [-0.25, -0.2) is 0 Å². The number of nitrogens with zero attached hydrogens (tertiary/aromatic N) is 2. The van der Waals surface area contributed by atoms with E-state index in [0.717, 1.165) is 12.2 Å². The molecule has 1 aromatic heterocycles. The zero-order valence-electron chi connectivity index (χ0n) is 11.7. The monoisotopic (exact) mass is 432 g/mol. The van der Waals surface area contributed by atoms with Crippen molar-refractivity contribution in [2.24, 2.45) is 17.5 Å². The van der Waals surface area contributed by atoms with Crippen LogP contribution in [0.2, 0.25) is 0 Å². The number of hydrogen-bond acceptors (Lipinski definition) is 1. The van der Waals surface area contributed by atoms with Crippen molar-refractivity contribution in [2.45, 2.75) is 26.7 Å². The van der Waals surface area contributed by atoms with Gasteiger partial charge in [0, 0.05) is 33.7 Å². The van der Waals surface area contributed by atoms with Crippen LogP contribution in [-0.4, -0.2) is 16.8 Å². The number of aliphatic imine (C=N–C) groups is 1. The first-order valence-corrected chi connectivity index (χ1v) is 6.62. The van der Waals surface area contributed by atoms with Crippen LogP contribution in [0.4, 0.5) is 0 Å². The Bertz CT molecular complexity index is 623. The van der Waals surface area contributed by atoms with Crippen LogP contribution in [0.15, 0.2) is 29.3 Å². The van der Waals surface area contributed by atoms with E-state index in [4.69, 9.17) is 4.99 Å². The van der Waals surface area contributed by atoms with E-state index in [9.17, 15) is 0 Å². The molecule has 0 saturated carbocycles. The Labute approximate surface area is 128 Å². The van der Waals surface area contributed by atoms with Crippen molar-refractivity contribution in [1.82, 2.24) is 4.57 Å². The number of benzene rings is 1. The minimum Gasteiger partial charge on any atom is -0.398 e. The number of rotatable bonds is 1. The summed E-state index contributed by atoms with van der Waals surface area (Å²) in [4.78, 5) is 4.77. The van der Waals surface area contributed by atoms with Crippen LogP contribution in [0.3, 0.4) is 0 Å². The molecule has 1 aliphatic heterocycles. The van der Waals surface area contributed by atoms with Gasteiger partial charge in [-0.3, -0.25) is 0 Å². The van der Waals surface area contributed by atoms with Gasteiger partial charge in [-0.2, -0.15) is 0 Å². The van der Waals surface area contributed by atoms with E-state index < -0.39 is 0 Å². The third kappa shape index (κ3) is 2.42. The van der Waals surface area contributed by atoms with Crippen molar-refractivity contribution >= 4 is 16.6 Å². The van der Waals surface area contributed by atoms with Gasteiger partial charge in [-0.15, -0.1) is 23.6 Å². The molecular formula is C16H19IrN2-. The third-order valence-electron chi connectivity index (χ3n) is 3.95. The molecule has 0 amide bonds. The molecule has 0 spiro atoms. The fourth-order valence-corrected chi connectivity index (χ4v) is 2.86. The number of aromatic nitrogens is 1. The van der Waals surface area contributed by atoms with E-state index in [2.05, 4.69) is 55.8 Å². The molecule has 0 aliphatic carbocycles. The summed E-state index contributed by atoms with van der Waals surface area (Å²) in [7, 11) is 2.11. The molecule has 19 heavy (non-hydrogen) atoms. The van der Waals surface area contributed by atoms with Gasteiger partial charge in [0.2, 0.25) is 0 Å². The largest absolute Gasteiger partial charge is 0.398 e. The second-order valence-corrected chi connectivity index (χ2v) is 5.77. The molecule has 0 fully saturated rings. The smallest absolute Gasteiger partial charge is 0.0286 e. The molecular weight excluding hydrogens is 412 g/mol. The maximum atomic E-state index is 4.77. The van der Waals surface area contributed by atoms with Gasteiger partial charge in [0.1, 0.15) is 0 Å². The van der Waals surface area contributed by atoms with E-state index in [1.54, 1.807) is 0 Å². The quantitative estimate of drug-likeness (QED) is 0.614. The predicted octanol–water partition coefficient (Wildman–Crippen LogP) is 3.59. The minimum atomic E-state index is 0. The van der Waals surface area contributed by atoms with Crippen molar-refractivity contribution in [3.05, 3.63) is 36.0 Å². The number of fused-ring (bicyclic) bond motifs is 1. The Kier molecular flexibility index (Phi) is 3.98. The first-order chi connectivity index (χ1) is 8.59. The average molecular weight is 432 g/mol. The molecule has 1 radical (unpaired) electrons. The molecule has 1 aliphatic rings. The second-order valence-electron chi connectivity index (χ2n) is 5.77. The Morgan fingerprint density at radius 2 is 2.00 bits per heavy atom. The van der Waals surface area contributed by atoms with Gasteiger partial charge in [0.25, 0.3) is 0 Å². The first-order valence-electron chi connectivity index (χ1n) is 6.62. The molecule has 0 N–H and O–H groups in total. The zero-order chi connectivity index (χ0) is 12.8. The summed E-state index contributed by atoms with van der Waals surface area (Å²) >= 11 is 0. The van der Waals surface area contributed by atoms with Gasteiger partial charge in [-0.1, -0.05) is 26.0 Å². The summed E-state index contributed by atoms with van der Waals surface area (Å²) in [6, 6.07) is 11.9. The van der Waals surface area contributed by atoms with E-state index >= 15 is 0 Å². The van der Waals surface area contributed by atoms with E-state index in [-0.39, 0.29) is 25.5 Å². The standard InChI is InChI=1S/C16H19N2.Ir/c1-16(2)9-6-10-17-15(16)14-11-12-7-4-5-8-13(12)18(14)3;/h4-5,7-8H,6,9-10H2,1-3H3;/q-1;.